The number of ether oxygens (including phenoxy) is 3. The summed E-state index contributed by atoms with van der Waals surface area (Å²) in [5.41, 5.74) is 0.292. The van der Waals surface area contributed by atoms with Crippen LogP contribution in [0.15, 0.2) is 16.6 Å². The van der Waals surface area contributed by atoms with E-state index in [1.54, 1.807) is 6.07 Å². The molecule has 0 heterocycles. The number of methoxy groups -OCH3 is 2. The maximum Gasteiger partial charge on any atom is 0.329 e. The molecule has 1 aromatic rings. The number of aliphatic carboxylic acids is 1. The van der Waals surface area contributed by atoms with Crippen LogP contribution in [0.2, 0.25) is 0 Å². The van der Waals surface area contributed by atoms with Gasteiger partial charge in [-0.1, -0.05) is 0 Å². The second-order valence-corrected chi connectivity index (χ2v) is 4.27. The fourth-order valence-corrected chi connectivity index (χ4v) is 2.09. The summed E-state index contributed by atoms with van der Waals surface area (Å²) < 4.78 is 15.5. The molecule has 0 unspecified atom stereocenters. The lowest BCUT2D eigenvalue weighted by molar-refractivity contribution is -0.141. The first-order valence-corrected chi connectivity index (χ1v) is 6.03. The Morgan fingerprint density at radius 3 is 2.42 bits per heavy atom. The van der Waals surface area contributed by atoms with Gasteiger partial charge in [0.15, 0.2) is 5.78 Å². The van der Waals surface area contributed by atoms with Crippen molar-refractivity contribution >= 4 is 27.7 Å². The number of hydrogen-bond acceptors (Lipinski definition) is 5. The molecule has 1 rings (SSSR count). The molecule has 6 nitrogen and oxygen atoms in total. The van der Waals surface area contributed by atoms with Gasteiger partial charge in [0.1, 0.15) is 29.2 Å². The van der Waals surface area contributed by atoms with Gasteiger partial charge in [0.2, 0.25) is 0 Å². The van der Waals surface area contributed by atoms with Gasteiger partial charge < -0.3 is 19.3 Å². The van der Waals surface area contributed by atoms with Crippen LogP contribution in [-0.4, -0.2) is 44.3 Å². The second-order valence-electron chi connectivity index (χ2n) is 3.47. The number of rotatable bonds is 7. The minimum atomic E-state index is -1.13. The van der Waals surface area contributed by atoms with E-state index < -0.39 is 12.6 Å². The minimum Gasteiger partial charge on any atom is -0.495 e. The van der Waals surface area contributed by atoms with Gasteiger partial charge in [-0.05, 0) is 28.1 Å². The van der Waals surface area contributed by atoms with Crippen LogP contribution in [0, 0.1) is 0 Å². The van der Waals surface area contributed by atoms with Crippen LogP contribution in [0.4, 0.5) is 0 Å². The third kappa shape index (κ3) is 3.93. The van der Waals surface area contributed by atoms with E-state index in [1.165, 1.54) is 20.3 Å². The molecule has 7 heteroatoms. The van der Waals surface area contributed by atoms with Gasteiger partial charge in [-0.15, -0.1) is 0 Å². The summed E-state index contributed by atoms with van der Waals surface area (Å²) in [5.74, 6) is -0.653. The summed E-state index contributed by atoms with van der Waals surface area (Å²) in [4.78, 5) is 22.2. The number of carboxylic acids is 1. The van der Waals surface area contributed by atoms with Crippen LogP contribution < -0.4 is 9.47 Å². The summed E-state index contributed by atoms with van der Waals surface area (Å²) in [6, 6.07) is 3.14. The fourth-order valence-electron chi connectivity index (χ4n) is 1.42. The van der Waals surface area contributed by atoms with Crippen LogP contribution >= 0.6 is 15.9 Å². The van der Waals surface area contributed by atoms with Crippen molar-refractivity contribution < 1.29 is 28.9 Å². The number of carbonyl (C=O) groups is 2. The van der Waals surface area contributed by atoms with Gasteiger partial charge in [0.05, 0.1) is 19.8 Å². The molecule has 19 heavy (non-hydrogen) atoms. The summed E-state index contributed by atoms with van der Waals surface area (Å²) in [7, 11) is 2.92. The predicted octanol–water partition coefficient (Wildman–Crippen LogP) is 1.75. The molecule has 0 bridgehead atoms. The topological polar surface area (TPSA) is 82.1 Å². The van der Waals surface area contributed by atoms with Gasteiger partial charge >= 0.3 is 5.97 Å². The molecule has 104 valence electrons. The van der Waals surface area contributed by atoms with E-state index in [-0.39, 0.29) is 12.4 Å². The lowest BCUT2D eigenvalue weighted by atomic mass is 10.1. The maximum absolute atomic E-state index is 11.9. The third-order valence-corrected chi connectivity index (χ3v) is 3.00. The average Bonchev–Trinajstić information content (AvgIpc) is 2.37. The van der Waals surface area contributed by atoms with Gasteiger partial charge in [0, 0.05) is 0 Å². The minimum absolute atomic E-state index is 0.292. The molecule has 1 aromatic carbocycles. The highest BCUT2D eigenvalue weighted by Crippen LogP contribution is 2.37. The Kier molecular flexibility index (Phi) is 5.78. The lowest BCUT2D eigenvalue weighted by Gasteiger charge is -2.12. The molecule has 0 fully saturated rings. The molecule has 0 aliphatic heterocycles. The quantitative estimate of drug-likeness (QED) is 0.766. The Hall–Kier alpha value is -1.60. The number of ketones is 1. The van der Waals surface area contributed by atoms with Gasteiger partial charge in [-0.2, -0.15) is 0 Å². The van der Waals surface area contributed by atoms with Crippen molar-refractivity contribution in [3.63, 3.8) is 0 Å². The Labute approximate surface area is 118 Å². The van der Waals surface area contributed by atoms with E-state index in [1.807, 2.05) is 0 Å². The number of benzene rings is 1. The summed E-state index contributed by atoms with van der Waals surface area (Å²) in [6.07, 6.45) is 0. The first kappa shape index (κ1) is 15.5. The average molecular weight is 333 g/mol. The highest BCUT2D eigenvalue weighted by Gasteiger charge is 2.18. The predicted molar refractivity (Wildman–Crippen MR) is 70.0 cm³/mol. The molecule has 0 saturated heterocycles. The summed E-state index contributed by atoms with van der Waals surface area (Å²) in [5, 5.41) is 8.43. The van der Waals surface area contributed by atoms with Crippen molar-refractivity contribution in [1.82, 2.24) is 0 Å². The molecule has 0 spiro atoms. The fraction of sp³-hybridized carbons (Fsp3) is 0.333. The Bertz CT molecular complexity index is 485. The van der Waals surface area contributed by atoms with E-state index in [0.29, 0.717) is 21.5 Å². The molecule has 0 aliphatic carbocycles. The lowest BCUT2D eigenvalue weighted by Crippen LogP contribution is -2.15. The first-order chi connectivity index (χ1) is 9.01. The van der Waals surface area contributed by atoms with Crippen molar-refractivity contribution in [3.05, 3.63) is 22.2 Å². The summed E-state index contributed by atoms with van der Waals surface area (Å²) >= 11 is 3.28. The number of Topliss-reactive ketones (excluding diaryl/α,β-unsaturated/α-hetero) is 1. The van der Waals surface area contributed by atoms with Gasteiger partial charge in [0.25, 0.3) is 0 Å². The largest absolute Gasteiger partial charge is 0.495 e. The normalized spacial score (nSPS) is 10.1. The van der Waals surface area contributed by atoms with Gasteiger partial charge in [-0.3, -0.25) is 4.79 Å². The Morgan fingerprint density at radius 2 is 1.89 bits per heavy atom. The van der Waals surface area contributed by atoms with Crippen LogP contribution in [-0.2, 0) is 9.53 Å². The molecule has 0 amide bonds. The molecular formula is C12H13BrO6. The molecule has 0 radical (unpaired) electrons. The van der Waals surface area contributed by atoms with Crippen LogP contribution in [0.25, 0.3) is 0 Å². The van der Waals surface area contributed by atoms with E-state index in [4.69, 9.17) is 19.3 Å². The molecule has 1 N–H and O–H groups in total. The highest BCUT2D eigenvalue weighted by atomic mass is 79.9. The number of carbonyl (C=O) groups excluding carboxylic acids is 1. The highest BCUT2D eigenvalue weighted by molar-refractivity contribution is 9.10. The molecule has 0 atom stereocenters. The van der Waals surface area contributed by atoms with Crippen LogP contribution in [0.1, 0.15) is 10.4 Å². The number of carboxylic acid groups (broad SMARTS) is 1. The van der Waals surface area contributed by atoms with E-state index in [9.17, 15) is 9.59 Å². The van der Waals surface area contributed by atoms with Crippen molar-refractivity contribution in [2.75, 3.05) is 27.4 Å². The van der Waals surface area contributed by atoms with Crippen molar-refractivity contribution in [1.29, 1.82) is 0 Å². The Balaban J connectivity index is 2.90. The molecule has 0 saturated carbocycles. The van der Waals surface area contributed by atoms with E-state index in [0.717, 1.165) is 0 Å². The smallest absolute Gasteiger partial charge is 0.329 e. The van der Waals surface area contributed by atoms with E-state index in [2.05, 4.69) is 15.9 Å². The SMILES string of the molecule is COc1ccc(C(=O)COCC(=O)O)c(OC)c1Br. The van der Waals surface area contributed by atoms with Crippen molar-refractivity contribution in [2.24, 2.45) is 0 Å². The Morgan fingerprint density at radius 1 is 1.21 bits per heavy atom. The van der Waals surface area contributed by atoms with Crippen molar-refractivity contribution in [2.45, 2.75) is 0 Å². The zero-order valence-corrected chi connectivity index (χ0v) is 12.0. The number of halogens is 1. The maximum atomic E-state index is 11.9. The zero-order valence-electron chi connectivity index (χ0n) is 10.4. The zero-order chi connectivity index (χ0) is 14.4. The molecule has 0 aliphatic rings. The van der Waals surface area contributed by atoms with Crippen LogP contribution in [0.5, 0.6) is 11.5 Å². The molecule has 0 aromatic heterocycles. The van der Waals surface area contributed by atoms with E-state index >= 15 is 0 Å². The standard InChI is InChI=1S/C12H13BrO6/c1-17-9-4-3-7(12(18-2)11(9)13)8(14)5-19-6-10(15)16/h3-4H,5-6H2,1-2H3,(H,15,16). The van der Waals surface area contributed by atoms with Crippen LogP contribution in [0.3, 0.4) is 0 Å². The molecular weight excluding hydrogens is 320 g/mol. The number of hydrogen-bond donors (Lipinski definition) is 1. The summed E-state index contributed by atoms with van der Waals surface area (Å²) in [6.45, 7) is -0.854. The van der Waals surface area contributed by atoms with Crippen molar-refractivity contribution in [3.8, 4) is 11.5 Å². The first-order valence-electron chi connectivity index (χ1n) is 5.24. The monoisotopic (exact) mass is 332 g/mol. The second kappa shape index (κ2) is 7.10. The van der Waals surface area contributed by atoms with Gasteiger partial charge in [-0.25, -0.2) is 4.79 Å². The third-order valence-electron chi connectivity index (χ3n) is 2.24.